The molecule has 0 aliphatic rings. The third-order valence-electron chi connectivity index (χ3n) is 2.21. The topological polar surface area (TPSA) is 100 Å². The van der Waals surface area contributed by atoms with E-state index in [1.165, 1.54) is 11.8 Å². The number of rotatable bonds is 5. The fourth-order valence-corrected chi connectivity index (χ4v) is 1.99. The highest BCUT2D eigenvalue weighted by Gasteiger charge is 2.09. The number of aliphatic carboxylic acids is 1. The maximum absolute atomic E-state index is 10.4. The average Bonchev–Trinajstić information content (AvgIpc) is 2.87. The van der Waals surface area contributed by atoms with Crippen molar-refractivity contribution in [2.75, 3.05) is 5.75 Å². The van der Waals surface area contributed by atoms with Gasteiger partial charge in [-0.05, 0) is 24.3 Å². The molecule has 0 unspecified atom stereocenters. The highest BCUT2D eigenvalue weighted by molar-refractivity contribution is 7.99. The molecule has 1 N–H and O–H groups in total. The summed E-state index contributed by atoms with van der Waals surface area (Å²) in [6.07, 6.45) is 0.0409. The molecule has 19 heavy (non-hydrogen) atoms. The Hall–Kier alpha value is -2.33. The summed E-state index contributed by atoms with van der Waals surface area (Å²) in [5, 5.41) is 25.2. The molecule has 6 nitrogen and oxygen atoms in total. The highest BCUT2D eigenvalue weighted by Crippen LogP contribution is 2.23. The average molecular weight is 275 g/mol. The number of carbonyl (C=O) groups is 1. The van der Waals surface area contributed by atoms with Gasteiger partial charge in [0.25, 0.3) is 5.22 Å². The zero-order valence-corrected chi connectivity index (χ0v) is 10.6. The third kappa shape index (κ3) is 3.56. The van der Waals surface area contributed by atoms with Gasteiger partial charge in [0.15, 0.2) is 0 Å². The Labute approximate surface area is 113 Å². The van der Waals surface area contributed by atoms with Crippen molar-refractivity contribution in [1.29, 1.82) is 5.26 Å². The molecule has 0 atom stereocenters. The van der Waals surface area contributed by atoms with Crippen LogP contribution in [0.15, 0.2) is 33.9 Å². The van der Waals surface area contributed by atoms with Crippen LogP contribution in [-0.2, 0) is 4.79 Å². The summed E-state index contributed by atoms with van der Waals surface area (Å²) in [5.41, 5.74) is 1.27. The van der Waals surface area contributed by atoms with Crippen molar-refractivity contribution in [1.82, 2.24) is 10.2 Å². The molecular weight excluding hydrogens is 266 g/mol. The molecule has 0 fully saturated rings. The lowest BCUT2D eigenvalue weighted by atomic mass is 10.1. The molecule has 1 aromatic heterocycles. The predicted octanol–water partition coefficient (Wildman–Crippen LogP) is 2.18. The summed E-state index contributed by atoms with van der Waals surface area (Å²) in [7, 11) is 0. The molecule has 2 aromatic rings. The quantitative estimate of drug-likeness (QED) is 0.834. The van der Waals surface area contributed by atoms with Gasteiger partial charge in [-0.1, -0.05) is 11.8 Å². The van der Waals surface area contributed by atoms with Gasteiger partial charge in [-0.3, -0.25) is 4.79 Å². The number of benzene rings is 1. The van der Waals surface area contributed by atoms with E-state index in [1.807, 2.05) is 6.07 Å². The summed E-state index contributed by atoms with van der Waals surface area (Å²) in [6.45, 7) is 0. The van der Waals surface area contributed by atoms with E-state index in [0.29, 0.717) is 22.4 Å². The SMILES string of the molecule is N#Cc1ccc(-c2nnc(SCCC(=O)O)o2)cc1. The molecule has 2 rings (SSSR count). The van der Waals surface area contributed by atoms with Crippen LogP contribution < -0.4 is 0 Å². The zero-order valence-electron chi connectivity index (χ0n) is 9.74. The molecular formula is C12H9N3O3S. The number of carboxylic acid groups (broad SMARTS) is 1. The Balaban J connectivity index is 2.03. The van der Waals surface area contributed by atoms with Crippen molar-refractivity contribution in [3.8, 4) is 17.5 Å². The fraction of sp³-hybridized carbons (Fsp3) is 0.167. The number of hydrogen-bond donors (Lipinski definition) is 1. The minimum absolute atomic E-state index is 0.0409. The van der Waals surface area contributed by atoms with E-state index in [9.17, 15) is 4.79 Å². The van der Waals surface area contributed by atoms with Crippen molar-refractivity contribution < 1.29 is 14.3 Å². The van der Waals surface area contributed by atoms with Gasteiger partial charge in [0, 0.05) is 11.3 Å². The normalized spacial score (nSPS) is 10.1. The first-order valence-electron chi connectivity index (χ1n) is 5.37. The van der Waals surface area contributed by atoms with E-state index in [-0.39, 0.29) is 6.42 Å². The van der Waals surface area contributed by atoms with Crippen molar-refractivity contribution in [3.05, 3.63) is 29.8 Å². The summed E-state index contributed by atoms with van der Waals surface area (Å²) in [4.78, 5) is 10.4. The van der Waals surface area contributed by atoms with Crippen LogP contribution in [0.4, 0.5) is 0 Å². The first-order chi connectivity index (χ1) is 9.19. The molecule has 0 aliphatic heterocycles. The molecule has 0 saturated heterocycles. The highest BCUT2D eigenvalue weighted by atomic mass is 32.2. The second-order valence-corrected chi connectivity index (χ2v) is 4.60. The number of aromatic nitrogens is 2. The van der Waals surface area contributed by atoms with E-state index in [2.05, 4.69) is 10.2 Å². The minimum atomic E-state index is -0.862. The summed E-state index contributed by atoms with van der Waals surface area (Å²) in [5.74, 6) is -0.133. The van der Waals surface area contributed by atoms with E-state index in [4.69, 9.17) is 14.8 Å². The molecule has 7 heteroatoms. The van der Waals surface area contributed by atoms with Crippen molar-refractivity contribution in [2.45, 2.75) is 11.6 Å². The summed E-state index contributed by atoms with van der Waals surface area (Å²) in [6, 6.07) is 8.79. The number of thioether (sulfide) groups is 1. The third-order valence-corrected chi connectivity index (χ3v) is 3.03. The van der Waals surface area contributed by atoms with Crippen LogP contribution >= 0.6 is 11.8 Å². The number of nitriles is 1. The van der Waals surface area contributed by atoms with Crippen LogP contribution in [0, 0.1) is 11.3 Å². The Morgan fingerprint density at radius 1 is 1.37 bits per heavy atom. The van der Waals surface area contributed by atoms with Crippen LogP contribution in [0.1, 0.15) is 12.0 Å². The van der Waals surface area contributed by atoms with Gasteiger partial charge in [-0.15, -0.1) is 10.2 Å². The van der Waals surface area contributed by atoms with Crippen LogP contribution in [0.5, 0.6) is 0 Å². The summed E-state index contributed by atoms with van der Waals surface area (Å²) < 4.78 is 5.39. The van der Waals surface area contributed by atoms with Crippen molar-refractivity contribution in [3.63, 3.8) is 0 Å². The predicted molar refractivity (Wildman–Crippen MR) is 67.4 cm³/mol. The van der Waals surface area contributed by atoms with Crippen LogP contribution in [-0.4, -0.2) is 27.0 Å². The molecule has 0 amide bonds. The smallest absolute Gasteiger partial charge is 0.304 e. The maximum Gasteiger partial charge on any atom is 0.304 e. The van der Waals surface area contributed by atoms with Crippen molar-refractivity contribution in [2.24, 2.45) is 0 Å². The molecule has 0 radical (unpaired) electrons. The van der Waals surface area contributed by atoms with Crippen molar-refractivity contribution >= 4 is 17.7 Å². The van der Waals surface area contributed by atoms with Crippen LogP contribution in [0.25, 0.3) is 11.5 Å². The number of carboxylic acids is 1. The van der Waals surface area contributed by atoms with Gasteiger partial charge in [-0.2, -0.15) is 5.26 Å². The van der Waals surface area contributed by atoms with Gasteiger partial charge in [0.1, 0.15) is 0 Å². The van der Waals surface area contributed by atoms with E-state index < -0.39 is 5.97 Å². The second kappa shape index (κ2) is 6.02. The fourth-order valence-electron chi connectivity index (χ4n) is 1.30. The lowest BCUT2D eigenvalue weighted by Crippen LogP contribution is -1.95. The number of nitrogens with zero attached hydrogens (tertiary/aromatic N) is 3. The first-order valence-corrected chi connectivity index (χ1v) is 6.36. The Kier molecular flexibility index (Phi) is 4.15. The zero-order chi connectivity index (χ0) is 13.7. The molecule has 0 spiro atoms. The van der Waals surface area contributed by atoms with E-state index >= 15 is 0 Å². The standard InChI is InChI=1S/C12H9N3O3S/c13-7-8-1-3-9(4-2-8)11-14-15-12(18-11)19-6-5-10(16)17/h1-4H,5-6H2,(H,16,17). The maximum atomic E-state index is 10.4. The van der Waals surface area contributed by atoms with E-state index in [0.717, 1.165) is 5.56 Å². The molecule has 0 saturated carbocycles. The lowest BCUT2D eigenvalue weighted by molar-refractivity contribution is -0.136. The van der Waals surface area contributed by atoms with Gasteiger partial charge in [-0.25, -0.2) is 0 Å². The first kappa shape index (κ1) is 13.1. The molecule has 96 valence electrons. The van der Waals surface area contributed by atoms with Crippen LogP contribution in [0.3, 0.4) is 0 Å². The minimum Gasteiger partial charge on any atom is -0.481 e. The van der Waals surface area contributed by atoms with Gasteiger partial charge in [0.2, 0.25) is 5.89 Å². The molecule has 1 aromatic carbocycles. The largest absolute Gasteiger partial charge is 0.481 e. The van der Waals surface area contributed by atoms with E-state index in [1.54, 1.807) is 24.3 Å². The van der Waals surface area contributed by atoms with Gasteiger partial charge >= 0.3 is 5.97 Å². The Bertz CT molecular complexity index is 616. The molecule has 0 aliphatic carbocycles. The Morgan fingerprint density at radius 2 is 2.11 bits per heavy atom. The monoisotopic (exact) mass is 275 g/mol. The van der Waals surface area contributed by atoms with Crippen LogP contribution in [0.2, 0.25) is 0 Å². The van der Waals surface area contributed by atoms with Gasteiger partial charge in [0.05, 0.1) is 18.1 Å². The summed E-state index contributed by atoms with van der Waals surface area (Å²) >= 11 is 1.20. The molecule has 0 bridgehead atoms. The second-order valence-electron chi connectivity index (χ2n) is 3.55. The lowest BCUT2D eigenvalue weighted by Gasteiger charge is -1.94. The molecule has 1 heterocycles. The van der Waals surface area contributed by atoms with Gasteiger partial charge < -0.3 is 9.52 Å². The Morgan fingerprint density at radius 3 is 2.74 bits per heavy atom. The number of hydrogen-bond acceptors (Lipinski definition) is 6.